The summed E-state index contributed by atoms with van der Waals surface area (Å²) < 4.78 is 32.7. The third kappa shape index (κ3) is 36.3. The molecule has 0 aromatic heterocycles. The summed E-state index contributed by atoms with van der Waals surface area (Å²) >= 11 is 0. The lowest BCUT2D eigenvalue weighted by Gasteiger charge is -2.19. The molecule has 0 rings (SSSR count). The van der Waals surface area contributed by atoms with Crippen LogP contribution in [0.5, 0.6) is 0 Å². The number of carbonyl (C=O) groups is 2. The average Bonchev–Trinajstić information content (AvgIpc) is 3.08. The molecule has 9 nitrogen and oxygen atoms in total. The normalized spacial score (nSPS) is 13.5. The maximum Gasteiger partial charge on any atom is 0.472 e. The van der Waals surface area contributed by atoms with E-state index in [1.54, 1.807) is 0 Å². The number of rotatable bonds is 38. The summed E-state index contributed by atoms with van der Waals surface area (Å²) in [7, 11) is -4.37. The highest BCUT2D eigenvalue weighted by molar-refractivity contribution is 7.47. The number of unbranched alkanes of at least 4 members (excludes halogenated alkanes) is 23. The minimum absolute atomic E-state index is 0.0550. The Morgan fingerprint density at radius 2 is 1.00 bits per heavy atom. The molecule has 49 heavy (non-hydrogen) atoms. The lowest BCUT2D eigenvalue weighted by molar-refractivity contribution is -0.161. The molecule has 290 valence electrons. The van der Waals surface area contributed by atoms with E-state index in [4.69, 9.17) is 24.3 Å². The molecule has 0 radical (unpaired) electrons. The van der Waals surface area contributed by atoms with Gasteiger partial charge in [0.15, 0.2) is 6.10 Å². The molecule has 0 aliphatic heterocycles. The van der Waals surface area contributed by atoms with Crippen LogP contribution in [-0.2, 0) is 32.7 Å². The second kappa shape index (κ2) is 36.5. The van der Waals surface area contributed by atoms with Gasteiger partial charge in [-0.3, -0.25) is 18.6 Å². The van der Waals surface area contributed by atoms with Crippen molar-refractivity contribution in [3.63, 3.8) is 0 Å². The second-order valence-electron chi connectivity index (χ2n) is 13.5. The van der Waals surface area contributed by atoms with Crippen LogP contribution in [0.15, 0.2) is 12.2 Å². The molecule has 3 N–H and O–H groups in total. The monoisotopic (exact) mass is 718 g/mol. The van der Waals surface area contributed by atoms with Gasteiger partial charge in [-0.15, -0.1) is 0 Å². The van der Waals surface area contributed by atoms with E-state index in [2.05, 4.69) is 26.0 Å². The first-order valence-electron chi connectivity index (χ1n) is 20.2. The zero-order chi connectivity index (χ0) is 36.1. The van der Waals surface area contributed by atoms with E-state index in [1.165, 1.54) is 116 Å². The molecule has 0 aromatic carbocycles. The number of carbonyl (C=O) groups excluding carboxylic acids is 2. The number of nitrogens with two attached hydrogens (primary N) is 1. The molecule has 0 heterocycles. The zero-order valence-corrected chi connectivity index (χ0v) is 32.6. The predicted molar refractivity (Wildman–Crippen MR) is 201 cm³/mol. The topological polar surface area (TPSA) is 134 Å². The summed E-state index contributed by atoms with van der Waals surface area (Å²) in [6, 6.07) is 0. The van der Waals surface area contributed by atoms with Gasteiger partial charge in [0.25, 0.3) is 0 Å². The van der Waals surface area contributed by atoms with Crippen molar-refractivity contribution in [2.24, 2.45) is 5.73 Å². The van der Waals surface area contributed by atoms with Gasteiger partial charge in [0.1, 0.15) is 6.61 Å². The Bertz CT molecular complexity index is 825. The first kappa shape index (κ1) is 47.8. The molecule has 0 saturated heterocycles. The number of hydrogen-bond donors (Lipinski definition) is 2. The number of hydrogen-bond acceptors (Lipinski definition) is 8. The predicted octanol–water partition coefficient (Wildman–Crippen LogP) is 11.1. The molecule has 0 bridgehead atoms. The van der Waals surface area contributed by atoms with E-state index in [1.807, 2.05) is 0 Å². The van der Waals surface area contributed by atoms with Crippen LogP contribution in [0.25, 0.3) is 0 Å². The SMILES string of the molecule is CCCCCCC/C=C\CCCCCCCCC(=O)OC(COC(=O)CCCCCCCCCCCCCCC)COP(=O)(O)OCCN. The van der Waals surface area contributed by atoms with Crippen LogP contribution in [0.4, 0.5) is 0 Å². The van der Waals surface area contributed by atoms with Crippen LogP contribution >= 0.6 is 7.82 Å². The molecule has 0 spiro atoms. The van der Waals surface area contributed by atoms with Crippen LogP contribution in [0.3, 0.4) is 0 Å². The molecule has 0 amide bonds. The molecule has 0 saturated carbocycles. The van der Waals surface area contributed by atoms with Gasteiger partial charge in [-0.25, -0.2) is 4.57 Å². The van der Waals surface area contributed by atoms with Crippen LogP contribution in [0.2, 0.25) is 0 Å². The Hall–Kier alpha value is -1.25. The van der Waals surface area contributed by atoms with Crippen LogP contribution in [-0.4, -0.2) is 49.3 Å². The first-order valence-corrected chi connectivity index (χ1v) is 21.7. The summed E-state index contributed by atoms with van der Waals surface area (Å²) in [5.74, 6) is -0.829. The smallest absolute Gasteiger partial charge is 0.462 e. The average molecular weight is 718 g/mol. The van der Waals surface area contributed by atoms with Gasteiger partial charge in [-0.1, -0.05) is 154 Å². The number of ether oxygens (including phenoxy) is 2. The van der Waals surface area contributed by atoms with Gasteiger partial charge in [0.2, 0.25) is 0 Å². The molecule has 2 unspecified atom stereocenters. The number of esters is 2. The van der Waals surface area contributed by atoms with Gasteiger partial charge in [0.05, 0.1) is 13.2 Å². The maximum absolute atomic E-state index is 12.5. The number of phosphoric ester groups is 1. The Morgan fingerprint density at radius 1 is 0.592 bits per heavy atom. The Morgan fingerprint density at radius 3 is 1.45 bits per heavy atom. The van der Waals surface area contributed by atoms with E-state index >= 15 is 0 Å². The fraction of sp³-hybridized carbons (Fsp3) is 0.897. The quantitative estimate of drug-likeness (QED) is 0.0277. The molecular formula is C39H76NO8P. The molecule has 10 heteroatoms. The van der Waals surface area contributed by atoms with Crippen LogP contribution in [0, 0.1) is 0 Å². The Balaban J connectivity index is 4.18. The lowest BCUT2D eigenvalue weighted by Crippen LogP contribution is -2.29. The van der Waals surface area contributed by atoms with Gasteiger partial charge in [0, 0.05) is 19.4 Å². The van der Waals surface area contributed by atoms with Crippen LogP contribution in [0.1, 0.15) is 194 Å². The second-order valence-corrected chi connectivity index (χ2v) is 15.0. The van der Waals surface area contributed by atoms with E-state index in [0.29, 0.717) is 6.42 Å². The number of allylic oxidation sites excluding steroid dienone is 2. The fourth-order valence-corrected chi connectivity index (χ4v) is 6.39. The van der Waals surface area contributed by atoms with Crippen molar-refractivity contribution in [1.29, 1.82) is 0 Å². The highest BCUT2D eigenvalue weighted by Crippen LogP contribution is 2.43. The lowest BCUT2D eigenvalue weighted by atomic mass is 10.0. The Kier molecular flexibility index (Phi) is 35.6. The Labute approximate surface area is 300 Å². The van der Waals surface area contributed by atoms with E-state index in [-0.39, 0.29) is 38.6 Å². The maximum atomic E-state index is 12.5. The third-order valence-corrected chi connectivity index (χ3v) is 9.64. The minimum atomic E-state index is -4.37. The molecule has 0 aromatic rings. The van der Waals surface area contributed by atoms with Crippen molar-refractivity contribution >= 4 is 19.8 Å². The van der Waals surface area contributed by atoms with Gasteiger partial charge in [-0.2, -0.15) is 0 Å². The highest BCUT2D eigenvalue weighted by atomic mass is 31.2. The summed E-state index contributed by atoms with van der Waals surface area (Å²) in [5, 5.41) is 0. The van der Waals surface area contributed by atoms with Gasteiger partial charge < -0.3 is 20.1 Å². The van der Waals surface area contributed by atoms with Crippen molar-refractivity contribution in [2.75, 3.05) is 26.4 Å². The fourth-order valence-electron chi connectivity index (χ4n) is 5.63. The summed E-state index contributed by atoms with van der Waals surface area (Å²) in [4.78, 5) is 34.7. The van der Waals surface area contributed by atoms with Crippen molar-refractivity contribution in [2.45, 2.75) is 200 Å². The van der Waals surface area contributed by atoms with Crippen molar-refractivity contribution < 1.29 is 37.6 Å². The van der Waals surface area contributed by atoms with Crippen LogP contribution < -0.4 is 5.73 Å². The van der Waals surface area contributed by atoms with Crippen molar-refractivity contribution in [1.82, 2.24) is 0 Å². The van der Waals surface area contributed by atoms with E-state index in [9.17, 15) is 19.0 Å². The van der Waals surface area contributed by atoms with Crippen molar-refractivity contribution in [3.8, 4) is 0 Å². The highest BCUT2D eigenvalue weighted by Gasteiger charge is 2.26. The summed E-state index contributed by atoms with van der Waals surface area (Å²) in [6.45, 7) is 3.72. The molecule has 0 aliphatic carbocycles. The number of phosphoric acid groups is 1. The standard InChI is InChI=1S/C39H76NO8P/c1-3-5-7-9-11-13-15-17-18-20-22-24-26-28-30-32-39(42)48-37(36-47-49(43,44)46-34-33-40)35-45-38(41)31-29-27-25-23-21-19-16-14-12-10-8-6-4-2/h15,17,37H,3-14,16,18-36,40H2,1-2H3,(H,43,44)/b17-15-. The van der Waals surface area contributed by atoms with E-state index < -0.39 is 26.5 Å². The molecular weight excluding hydrogens is 641 g/mol. The third-order valence-electron chi connectivity index (χ3n) is 8.65. The van der Waals surface area contributed by atoms with E-state index in [0.717, 1.165) is 44.9 Å². The first-order chi connectivity index (χ1) is 23.8. The molecule has 0 aliphatic rings. The minimum Gasteiger partial charge on any atom is -0.462 e. The summed E-state index contributed by atoms with van der Waals surface area (Å²) in [6.07, 6.45) is 35.2. The molecule has 0 fully saturated rings. The van der Waals surface area contributed by atoms with Crippen molar-refractivity contribution in [3.05, 3.63) is 12.2 Å². The van der Waals surface area contributed by atoms with Gasteiger partial charge in [-0.05, 0) is 38.5 Å². The zero-order valence-electron chi connectivity index (χ0n) is 31.7. The van der Waals surface area contributed by atoms with Gasteiger partial charge >= 0.3 is 19.8 Å². The summed E-state index contributed by atoms with van der Waals surface area (Å²) in [5.41, 5.74) is 5.33. The molecule has 2 atom stereocenters. The largest absolute Gasteiger partial charge is 0.472 e.